The van der Waals surface area contributed by atoms with E-state index in [9.17, 15) is 4.79 Å². The maximum atomic E-state index is 12.1. The predicted molar refractivity (Wildman–Crippen MR) is 73.1 cm³/mol. The predicted octanol–water partition coefficient (Wildman–Crippen LogP) is 0.783. The van der Waals surface area contributed by atoms with Crippen molar-refractivity contribution >= 4 is 5.97 Å². The highest BCUT2D eigenvalue weighted by Gasteiger charge is 2.47. The molecule has 5 heteroatoms. The van der Waals surface area contributed by atoms with Gasteiger partial charge in [0, 0.05) is 25.7 Å². The Kier molecular flexibility index (Phi) is 5.19. The zero-order valence-electron chi connectivity index (χ0n) is 12.1. The van der Waals surface area contributed by atoms with Gasteiger partial charge in [0.1, 0.15) is 5.54 Å². The summed E-state index contributed by atoms with van der Waals surface area (Å²) >= 11 is 0. The van der Waals surface area contributed by atoms with Gasteiger partial charge in [-0.15, -0.1) is 0 Å². The van der Waals surface area contributed by atoms with E-state index in [1.54, 1.807) is 0 Å². The van der Waals surface area contributed by atoms with Crippen LogP contribution in [-0.4, -0.2) is 62.4 Å². The number of ether oxygens (including phenoxy) is 2. The molecular weight excluding hydrogens is 244 g/mol. The molecule has 110 valence electrons. The van der Waals surface area contributed by atoms with E-state index in [4.69, 9.17) is 9.47 Å². The van der Waals surface area contributed by atoms with Gasteiger partial charge in [0.2, 0.25) is 0 Å². The van der Waals surface area contributed by atoms with Gasteiger partial charge in [0.25, 0.3) is 0 Å². The first kappa shape index (κ1) is 14.8. The molecule has 1 N–H and O–H groups in total. The zero-order valence-corrected chi connectivity index (χ0v) is 12.1. The average Bonchev–Trinajstić information content (AvgIpc) is 2.68. The molecule has 0 aromatic carbocycles. The van der Waals surface area contributed by atoms with Crippen molar-refractivity contribution in [2.45, 2.75) is 44.2 Å². The molecule has 0 aromatic heterocycles. The first-order valence-corrected chi connectivity index (χ1v) is 7.37. The van der Waals surface area contributed by atoms with Crippen molar-refractivity contribution in [1.29, 1.82) is 0 Å². The van der Waals surface area contributed by atoms with Crippen LogP contribution in [0.1, 0.15) is 32.6 Å². The van der Waals surface area contributed by atoms with Gasteiger partial charge in [-0.1, -0.05) is 6.92 Å². The van der Waals surface area contributed by atoms with Gasteiger partial charge in [0.05, 0.1) is 13.7 Å². The number of rotatable bonds is 4. The summed E-state index contributed by atoms with van der Waals surface area (Å²) in [4.78, 5) is 14.6. The number of nitrogens with zero attached hydrogens (tertiary/aromatic N) is 1. The maximum absolute atomic E-state index is 12.1. The monoisotopic (exact) mass is 270 g/mol. The van der Waals surface area contributed by atoms with Gasteiger partial charge < -0.3 is 14.8 Å². The van der Waals surface area contributed by atoms with E-state index < -0.39 is 5.54 Å². The molecule has 1 saturated carbocycles. The molecule has 2 unspecified atom stereocenters. The first-order chi connectivity index (χ1) is 9.22. The summed E-state index contributed by atoms with van der Waals surface area (Å²) in [5.41, 5.74) is -0.471. The van der Waals surface area contributed by atoms with Crippen LogP contribution in [0.3, 0.4) is 0 Å². The van der Waals surface area contributed by atoms with E-state index >= 15 is 0 Å². The molecule has 2 rings (SSSR count). The number of esters is 1. The standard InChI is InChI=1S/C14H26N2O3/c1-3-15-14(13(17)18-2)6-5-12(11-14)16-7-4-9-19-10-8-16/h12,15H,3-11H2,1-2H3. The quantitative estimate of drug-likeness (QED) is 0.765. The summed E-state index contributed by atoms with van der Waals surface area (Å²) in [5.74, 6) is -0.108. The van der Waals surface area contributed by atoms with Crippen LogP contribution < -0.4 is 5.32 Å². The van der Waals surface area contributed by atoms with Crippen LogP contribution >= 0.6 is 0 Å². The van der Waals surface area contributed by atoms with Gasteiger partial charge in [-0.05, 0) is 32.2 Å². The number of carbonyl (C=O) groups is 1. The minimum absolute atomic E-state index is 0.108. The van der Waals surface area contributed by atoms with Crippen LogP contribution in [0.5, 0.6) is 0 Å². The fourth-order valence-electron chi connectivity index (χ4n) is 3.41. The molecule has 0 radical (unpaired) electrons. The molecule has 1 saturated heterocycles. The Balaban J connectivity index is 2.00. The Morgan fingerprint density at radius 2 is 2.32 bits per heavy atom. The fraction of sp³-hybridized carbons (Fsp3) is 0.929. The Labute approximate surface area is 115 Å². The Bertz CT molecular complexity index is 303. The molecule has 0 aromatic rings. The van der Waals surface area contributed by atoms with Crippen molar-refractivity contribution in [3.63, 3.8) is 0 Å². The highest BCUT2D eigenvalue weighted by atomic mass is 16.5. The Hall–Kier alpha value is -0.650. The second-order valence-electron chi connectivity index (χ2n) is 5.50. The topological polar surface area (TPSA) is 50.8 Å². The lowest BCUT2D eigenvalue weighted by molar-refractivity contribution is -0.148. The van der Waals surface area contributed by atoms with E-state index in [2.05, 4.69) is 10.2 Å². The van der Waals surface area contributed by atoms with Crippen molar-refractivity contribution in [2.75, 3.05) is 40.0 Å². The van der Waals surface area contributed by atoms with Crippen molar-refractivity contribution in [1.82, 2.24) is 10.2 Å². The minimum atomic E-state index is -0.471. The van der Waals surface area contributed by atoms with Crippen molar-refractivity contribution in [3.8, 4) is 0 Å². The van der Waals surface area contributed by atoms with Gasteiger partial charge in [-0.3, -0.25) is 9.69 Å². The average molecular weight is 270 g/mol. The summed E-state index contributed by atoms with van der Waals surface area (Å²) < 4.78 is 10.5. The summed E-state index contributed by atoms with van der Waals surface area (Å²) in [5, 5.41) is 3.36. The summed E-state index contributed by atoms with van der Waals surface area (Å²) in [7, 11) is 1.48. The molecule has 0 spiro atoms. The molecule has 0 amide bonds. The smallest absolute Gasteiger partial charge is 0.326 e. The van der Waals surface area contributed by atoms with Crippen LogP contribution in [0.15, 0.2) is 0 Å². The van der Waals surface area contributed by atoms with E-state index in [1.165, 1.54) is 7.11 Å². The summed E-state index contributed by atoms with van der Waals surface area (Å²) in [6.07, 6.45) is 3.87. The number of nitrogens with one attached hydrogen (secondary N) is 1. The highest BCUT2D eigenvalue weighted by Crippen LogP contribution is 2.34. The normalized spacial score (nSPS) is 33.1. The summed E-state index contributed by atoms with van der Waals surface area (Å²) in [6.45, 7) is 6.56. The van der Waals surface area contributed by atoms with Gasteiger partial charge in [0.15, 0.2) is 0 Å². The number of hydrogen-bond donors (Lipinski definition) is 1. The molecule has 1 heterocycles. The number of carbonyl (C=O) groups excluding carboxylic acids is 1. The molecular formula is C14H26N2O3. The minimum Gasteiger partial charge on any atom is -0.468 e. The molecule has 2 fully saturated rings. The van der Waals surface area contributed by atoms with E-state index in [-0.39, 0.29) is 5.97 Å². The van der Waals surface area contributed by atoms with Crippen LogP contribution in [0.25, 0.3) is 0 Å². The van der Waals surface area contributed by atoms with E-state index in [0.29, 0.717) is 6.04 Å². The van der Waals surface area contributed by atoms with Crippen molar-refractivity contribution in [3.05, 3.63) is 0 Å². The third-order valence-electron chi connectivity index (χ3n) is 4.35. The molecule has 5 nitrogen and oxygen atoms in total. The van der Waals surface area contributed by atoms with Gasteiger partial charge in [-0.2, -0.15) is 0 Å². The zero-order chi connectivity index (χ0) is 13.7. The van der Waals surface area contributed by atoms with Crippen LogP contribution in [-0.2, 0) is 14.3 Å². The number of methoxy groups -OCH3 is 1. The molecule has 2 aliphatic rings. The molecule has 2 atom stereocenters. The van der Waals surface area contributed by atoms with Crippen molar-refractivity contribution in [2.24, 2.45) is 0 Å². The third-order valence-corrected chi connectivity index (χ3v) is 4.35. The van der Waals surface area contributed by atoms with Crippen LogP contribution in [0.2, 0.25) is 0 Å². The van der Waals surface area contributed by atoms with Gasteiger partial charge in [-0.25, -0.2) is 0 Å². The van der Waals surface area contributed by atoms with Gasteiger partial charge >= 0.3 is 5.97 Å². The number of hydrogen-bond acceptors (Lipinski definition) is 5. The SMILES string of the molecule is CCNC1(C(=O)OC)CCC(N2CCCOCC2)C1. The lowest BCUT2D eigenvalue weighted by Crippen LogP contribution is -2.52. The summed E-state index contributed by atoms with van der Waals surface area (Å²) in [6, 6.07) is 0.472. The maximum Gasteiger partial charge on any atom is 0.326 e. The van der Waals surface area contributed by atoms with Crippen LogP contribution in [0.4, 0.5) is 0 Å². The number of likely N-dealkylation sites (N-methyl/N-ethyl adjacent to an activating group) is 1. The largest absolute Gasteiger partial charge is 0.468 e. The molecule has 1 aliphatic carbocycles. The lowest BCUT2D eigenvalue weighted by atomic mass is 9.97. The van der Waals surface area contributed by atoms with E-state index in [1.807, 2.05) is 6.92 Å². The molecule has 1 aliphatic heterocycles. The second-order valence-corrected chi connectivity index (χ2v) is 5.50. The first-order valence-electron chi connectivity index (χ1n) is 7.37. The fourth-order valence-corrected chi connectivity index (χ4v) is 3.41. The Morgan fingerprint density at radius 3 is 3.05 bits per heavy atom. The van der Waals surface area contributed by atoms with Crippen molar-refractivity contribution < 1.29 is 14.3 Å². The molecule has 19 heavy (non-hydrogen) atoms. The highest BCUT2D eigenvalue weighted by molar-refractivity contribution is 5.81. The Morgan fingerprint density at radius 1 is 1.47 bits per heavy atom. The third kappa shape index (κ3) is 3.27. The van der Waals surface area contributed by atoms with E-state index in [0.717, 1.165) is 58.5 Å². The lowest BCUT2D eigenvalue weighted by Gasteiger charge is -2.30. The molecule has 0 bridgehead atoms. The second kappa shape index (κ2) is 6.68. The van der Waals surface area contributed by atoms with Crippen LogP contribution in [0, 0.1) is 0 Å².